The lowest BCUT2D eigenvalue weighted by atomic mass is 10.0. The lowest BCUT2D eigenvalue weighted by molar-refractivity contribution is -0.119. The summed E-state index contributed by atoms with van der Waals surface area (Å²) in [6.45, 7) is 10.2. The van der Waals surface area contributed by atoms with Crippen LogP contribution in [0, 0.1) is 27.7 Å². The second-order valence-electron chi connectivity index (χ2n) is 7.04. The van der Waals surface area contributed by atoms with Gasteiger partial charge in [0.2, 0.25) is 11.1 Å². The van der Waals surface area contributed by atoms with E-state index in [1.807, 2.05) is 39.0 Å². The highest BCUT2D eigenvalue weighted by molar-refractivity contribution is 7.99. The molecule has 1 atom stereocenters. The average molecular weight is 396 g/mol. The molecule has 0 aliphatic rings. The monoisotopic (exact) mass is 395 g/mol. The Kier molecular flexibility index (Phi) is 6.14. The molecule has 0 saturated heterocycles. The Morgan fingerprint density at radius 3 is 2.46 bits per heavy atom. The zero-order valence-corrected chi connectivity index (χ0v) is 17.7. The number of para-hydroxylation sites is 1. The summed E-state index contributed by atoms with van der Waals surface area (Å²) in [5, 5.41) is 15.7. The third-order valence-corrected chi connectivity index (χ3v) is 5.75. The van der Waals surface area contributed by atoms with Gasteiger partial charge in [0, 0.05) is 0 Å². The highest BCUT2D eigenvalue weighted by atomic mass is 32.2. The van der Waals surface area contributed by atoms with Crippen molar-refractivity contribution < 1.29 is 4.79 Å². The molecule has 1 heterocycles. The Balaban J connectivity index is 1.66. The van der Waals surface area contributed by atoms with Gasteiger partial charge in [-0.3, -0.25) is 4.79 Å². The number of rotatable bonds is 6. The minimum Gasteiger partial charge on any atom is -0.349 e. The average Bonchev–Trinajstić information content (AvgIpc) is 3.10. The number of nitrogens with zero attached hydrogens (tertiary/aromatic N) is 4. The Morgan fingerprint density at radius 2 is 1.79 bits per heavy atom. The molecule has 0 unspecified atom stereocenters. The van der Waals surface area contributed by atoms with Crippen LogP contribution < -0.4 is 5.32 Å². The Morgan fingerprint density at radius 1 is 1.07 bits per heavy atom. The maximum absolute atomic E-state index is 12.4. The number of benzene rings is 2. The van der Waals surface area contributed by atoms with E-state index in [1.54, 1.807) is 4.68 Å². The van der Waals surface area contributed by atoms with E-state index in [9.17, 15) is 4.79 Å². The molecule has 1 N–H and O–H groups in total. The highest BCUT2D eigenvalue weighted by Crippen LogP contribution is 2.23. The van der Waals surface area contributed by atoms with Crippen LogP contribution in [0.4, 0.5) is 0 Å². The number of hydrogen-bond acceptors (Lipinski definition) is 5. The van der Waals surface area contributed by atoms with Crippen molar-refractivity contribution in [3.63, 3.8) is 0 Å². The maximum Gasteiger partial charge on any atom is 0.230 e. The first-order valence-corrected chi connectivity index (χ1v) is 10.2. The van der Waals surface area contributed by atoms with Crippen LogP contribution in [0.5, 0.6) is 0 Å². The number of nitrogens with one attached hydrogen (secondary N) is 1. The van der Waals surface area contributed by atoms with Gasteiger partial charge in [0.15, 0.2) is 0 Å². The molecule has 6 nitrogen and oxygen atoms in total. The molecule has 2 aromatic carbocycles. The first-order chi connectivity index (χ1) is 13.4. The molecule has 0 spiro atoms. The fourth-order valence-corrected chi connectivity index (χ4v) is 3.77. The number of hydrogen-bond donors (Lipinski definition) is 1. The largest absolute Gasteiger partial charge is 0.349 e. The Labute approximate surface area is 169 Å². The van der Waals surface area contributed by atoms with E-state index in [0.717, 1.165) is 22.4 Å². The molecule has 28 heavy (non-hydrogen) atoms. The van der Waals surface area contributed by atoms with Crippen LogP contribution in [-0.2, 0) is 4.79 Å². The van der Waals surface area contributed by atoms with E-state index in [2.05, 4.69) is 52.9 Å². The van der Waals surface area contributed by atoms with Crippen LogP contribution in [0.1, 0.15) is 40.8 Å². The third-order valence-electron chi connectivity index (χ3n) is 4.83. The van der Waals surface area contributed by atoms with Gasteiger partial charge in [-0.15, -0.1) is 5.10 Å². The molecular formula is C21H25N5OS. The molecule has 146 valence electrons. The number of carbonyl (C=O) groups is 1. The molecule has 0 aliphatic carbocycles. The van der Waals surface area contributed by atoms with Gasteiger partial charge >= 0.3 is 0 Å². The quantitative estimate of drug-likeness (QED) is 0.642. The van der Waals surface area contributed by atoms with E-state index >= 15 is 0 Å². The lowest BCUT2D eigenvalue weighted by Gasteiger charge is -2.15. The van der Waals surface area contributed by atoms with Gasteiger partial charge in [-0.05, 0) is 72.9 Å². The molecule has 7 heteroatoms. The summed E-state index contributed by atoms with van der Waals surface area (Å²) in [7, 11) is 0. The summed E-state index contributed by atoms with van der Waals surface area (Å²) in [6, 6.07) is 12.3. The highest BCUT2D eigenvalue weighted by Gasteiger charge is 2.16. The fraction of sp³-hybridized carbons (Fsp3) is 0.333. The second kappa shape index (κ2) is 8.56. The van der Waals surface area contributed by atoms with Crippen LogP contribution in [-0.4, -0.2) is 31.9 Å². The number of carbonyl (C=O) groups excluding carboxylic acids is 1. The van der Waals surface area contributed by atoms with E-state index < -0.39 is 0 Å². The second-order valence-corrected chi connectivity index (χ2v) is 7.98. The van der Waals surface area contributed by atoms with Gasteiger partial charge in [0.25, 0.3) is 0 Å². The van der Waals surface area contributed by atoms with E-state index in [-0.39, 0.29) is 17.7 Å². The molecule has 0 saturated carbocycles. The number of aryl methyl sites for hydroxylation is 4. The number of amides is 1. The number of tetrazole rings is 1. The molecule has 0 bridgehead atoms. The minimum atomic E-state index is -0.0537. The van der Waals surface area contributed by atoms with Gasteiger partial charge in [0.1, 0.15) is 0 Å². The summed E-state index contributed by atoms with van der Waals surface area (Å²) in [5.41, 5.74) is 6.70. The zero-order chi connectivity index (χ0) is 20.3. The van der Waals surface area contributed by atoms with Crippen molar-refractivity contribution >= 4 is 17.7 Å². The molecule has 0 fully saturated rings. The van der Waals surface area contributed by atoms with Crippen LogP contribution in [0.2, 0.25) is 0 Å². The molecular weight excluding hydrogens is 370 g/mol. The fourth-order valence-electron chi connectivity index (χ4n) is 3.08. The number of aromatic nitrogens is 4. The van der Waals surface area contributed by atoms with Crippen molar-refractivity contribution in [2.45, 2.75) is 45.8 Å². The molecule has 1 aromatic heterocycles. The summed E-state index contributed by atoms with van der Waals surface area (Å²) in [4.78, 5) is 12.4. The van der Waals surface area contributed by atoms with E-state index in [4.69, 9.17) is 0 Å². The van der Waals surface area contributed by atoms with Crippen molar-refractivity contribution in [2.24, 2.45) is 0 Å². The third kappa shape index (κ3) is 4.42. The van der Waals surface area contributed by atoms with Gasteiger partial charge in [-0.2, -0.15) is 4.68 Å². The predicted octanol–water partition coefficient (Wildman–Crippen LogP) is 3.87. The normalized spacial score (nSPS) is 12.0. The SMILES string of the molecule is Cc1ccc([C@@H](C)NC(=O)CSc2nnnn2-c2c(C)cccc2C)cc1C. The summed E-state index contributed by atoms with van der Waals surface area (Å²) in [6.07, 6.45) is 0. The van der Waals surface area contributed by atoms with Crippen LogP contribution in [0.3, 0.4) is 0 Å². The molecule has 3 rings (SSSR count). The van der Waals surface area contributed by atoms with E-state index in [1.165, 1.54) is 22.9 Å². The lowest BCUT2D eigenvalue weighted by Crippen LogP contribution is -2.28. The standard InChI is InChI=1S/C21H25N5OS/c1-13-9-10-18(11-16(13)4)17(5)22-19(27)12-28-21-23-24-25-26(21)20-14(2)7-6-8-15(20)3/h6-11,17H,12H2,1-5H3,(H,22,27)/t17-/m1/s1. The van der Waals surface area contributed by atoms with Crippen molar-refractivity contribution in [1.82, 2.24) is 25.5 Å². The van der Waals surface area contributed by atoms with Crippen LogP contribution in [0.15, 0.2) is 41.6 Å². The first-order valence-electron chi connectivity index (χ1n) is 9.21. The summed E-state index contributed by atoms with van der Waals surface area (Å²) in [5.74, 6) is 0.201. The Bertz CT molecular complexity index is 978. The topological polar surface area (TPSA) is 72.7 Å². The molecule has 3 aromatic rings. The Hall–Kier alpha value is -2.67. The smallest absolute Gasteiger partial charge is 0.230 e. The summed E-state index contributed by atoms with van der Waals surface area (Å²) >= 11 is 1.33. The van der Waals surface area contributed by atoms with Crippen molar-refractivity contribution in [3.05, 3.63) is 64.2 Å². The molecule has 0 radical (unpaired) electrons. The zero-order valence-electron chi connectivity index (χ0n) is 16.9. The van der Waals surface area contributed by atoms with Crippen molar-refractivity contribution in [3.8, 4) is 5.69 Å². The molecule has 0 aliphatic heterocycles. The van der Waals surface area contributed by atoms with Crippen LogP contribution >= 0.6 is 11.8 Å². The van der Waals surface area contributed by atoms with Gasteiger partial charge < -0.3 is 5.32 Å². The van der Waals surface area contributed by atoms with Crippen molar-refractivity contribution in [2.75, 3.05) is 5.75 Å². The summed E-state index contributed by atoms with van der Waals surface area (Å²) < 4.78 is 1.70. The van der Waals surface area contributed by atoms with Gasteiger partial charge in [-0.25, -0.2) is 0 Å². The first kappa shape index (κ1) is 20.1. The van der Waals surface area contributed by atoms with Gasteiger partial charge in [-0.1, -0.05) is 48.2 Å². The van der Waals surface area contributed by atoms with E-state index in [0.29, 0.717) is 5.16 Å². The molecule has 1 amide bonds. The predicted molar refractivity (Wildman–Crippen MR) is 112 cm³/mol. The van der Waals surface area contributed by atoms with Crippen molar-refractivity contribution in [1.29, 1.82) is 0 Å². The number of thioether (sulfide) groups is 1. The maximum atomic E-state index is 12.4. The van der Waals surface area contributed by atoms with Gasteiger partial charge in [0.05, 0.1) is 17.5 Å². The minimum absolute atomic E-state index is 0.0493. The van der Waals surface area contributed by atoms with Crippen LogP contribution in [0.25, 0.3) is 5.69 Å².